The summed E-state index contributed by atoms with van der Waals surface area (Å²) in [5.74, 6) is 1.69. The molecule has 0 saturated carbocycles. The highest BCUT2D eigenvalue weighted by Crippen LogP contribution is 2.35. The van der Waals surface area contributed by atoms with Gasteiger partial charge in [0.25, 0.3) is 5.91 Å². The van der Waals surface area contributed by atoms with E-state index < -0.39 is 6.03 Å². The number of nitrogens with one attached hydrogen (secondary N) is 4. The molecule has 3 rings (SSSR count). The van der Waals surface area contributed by atoms with E-state index in [1.807, 2.05) is 13.8 Å². The number of benzene rings is 1. The van der Waals surface area contributed by atoms with Crippen LogP contribution in [0, 0.1) is 0 Å². The molecule has 0 spiro atoms. The van der Waals surface area contributed by atoms with Crippen LogP contribution in [0.5, 0.6) is 5.75 Å². The van der Waals surface area contributed by atoms with Gasteiger partial charge in [0.15, 0.2) is 18.2 Å². The van der Waals surface area contributed by atoms with Crippen molar-refractivity contribution >= 4 is 23.3 Å². The SMILES string of the molecule is CC(C)c1n[nH]c(C(C)NC(=O)Nc2cccc3c2OCC(=O)N3)n1. The molecule has 4 N–H and O–H groups in total. The number of nitrogens with zero attached hydrogens (tertiary/aromatic N) is 2. The van der Waals surface area contributed by atoms with Crippen LogP contribution in [0.25, 0.3) is 0 Å². The van der Waals surface area contributed by atoms with E-state index in [1.165, 1.54) is 0 Å². The summed E-state index contributed by atoms with van der Waals surface area (Å²) in [4.78, 5) is 28.0. The van der Waals surface area contributed by atoms with E-state index in [2.05, 4.69) is 31.1 Å². The molecule has 0 radical (unpaired) electrons. The van der Waals surface area contributed by atoms with Crippen LogP contribution in [0.15, 0.2) is 18.2 Å². The number of amides is 3. The molecule has 0 fully saturated rings. The fourth-order valence-electron chi connectivity index (χ4n) is 2.38. The van der Waals surface area contributed by atoms with E-state index in [-0.39, 0.29) is 24.5 Å². The molecular weight excluding hydrogens is 324 g/mol. The van der Waals surface area contributed by atoms with Gasteiger partial charge in [-0.3, -0.25) is 9.89 Å². The molecule has 1 aromatic carbocycles. The molecule has 2 aromatic rings. The molecular formula is C16H20N6O3. The van der Waals surface area contributed by atoms with Gasteiger partial charge in [0.05, 0.1) is 17.4 Å². The van der Waals surface area contributed by atoms with Crippen molar-refractivity contribution in [2.45, 2.75) is 32.7 Å². The van der Waals surface area contributed by atoms with Gasteiger partial charge in [-0.25, -0.2) is 9.78 Å². The molecule has 1 aliphatic heterocycles. The van der Waals surface area contributed by atoms with Crippen LogP contribution in [-0.4, -0.2) is 33.7 Å². The number of ether oxygens (including phenoxy) is 1. The Balaban J connectivity index is 1.66. The standard InChI is InChI=1S/C16H20N6O3/c1-8(2)14-20-15(22-21-14)9(3)17-16(24)19-11-6-4-5-10-13(11)25-7-12(23)18-10/h4-6,8-9H,7H2,1-3H3,(H,18,23)(H2,17,19,24)(H,20,21,22). The Morgan fingerprint density at radius 2 is 2.12 bits per heavy atom. The van der Waals surface area contributed by atoms with Crippen molar-refractivity contribution in [2.24, 2.45) is 0 Å². The molecule has 25 heavy (non-hydrogen) atoms. The summed E-state index contributed by atoms with van der Waals surface area (Å²) in [6, 6.07) is 4.37. The zero-order chi connectivity index (χ0) is 18.0. The highest BCUT2D eigenvalue weighted by atomic mass is 16.5. The number of aromatic nitrogens is 3. The molecule has 2 heterocycles. The van der Waals surface area contributed by atoms with Gasteiger partial charge in [0.2, 0.25) is 0 Å². The van der Waals surface area contributed by atoms with Crippen LogP contribution in [0.4, 0.5) is 16.2 Å². The van der Waals surface area contributed by atoms with Crippen LogP contribution in [0.2, 0.25) is 0 Å². The van der Waals surface area contributed by atoms with Crippen molar-refractivity contribution in [1.82, 2.24) is 20.5 Å². The van der Waals surface area contributed by atoms with Crippen molar-refractivity contribution in [3.8, 4) is 5.75 Å². The number of anilines is 2. The van der Waals surface area contributed by atoms with Crippen molar-refractivity contribution in [3.63, 3.8) is 0 Å². The second kappa shape index (κ2) is 6.80. The minimum Gasteiger partial charge on any atom is -0.479 e. The third kappa shape index (κ3) is 3.70. The average Bonchev–Trinajstić information content (AvgIpc) is 3.05. The molecule has 0 aliphatic carbocycles. The van der Waals surface area contributed by atoms with Crippen LogP contribution in [0.3, 0.4) is 0 Å². The highest BCUT2D eigenvalue weighted by molar-refractivity contribution is 5.99. The quantitative estimate of drug-likeness (QED) is 0.677. The summed E-state index contributed by atoms with van der Waals surface area (Å²) in [5.41, 5.74) is 1.00. The van der Waals surface area contributed by atoms with Gasteiger partial charge in [-0.2, -0.15) is 5.10 Å². The monoisotopic (exact) mass is 344 g/mol. The van der Waals surface area contributed by atoms with Gasteiger partial charge < -0.3 is 20.7 Å². The highest BCUT2D eigenvalue weighted by Gasteiger charge is 2.21. The second-order valence-corrected chi connectivity index (χ2v) is 6.07. The first-order valence-electron chi connectivity index (χ1n) is 7.99. The Hall–Kier alpha value is -3.10. The molecule has 9 heteroatoms. The zero-order valence-electron chi connectivity index (χ0n) is 14.2. The maximum atomic E-state index is 12.3. The van der Waals surface area contributed by atoms with Gasteiger partial charge in [-0.15, -0.1) is 0 Å². The fourth-order valence-corrected chi connectivity index (χ4v) is 2.38. The Kier molecular flexibility index (Phi) is 4.55. The summed E-state index contributed by atoms with van der Waals surface area (Å²) in [7, 11) is 0. The summed E-state index contributed by atoms with van der Waals surface area (Å²) in [6.07, 6.45) is 0. The third-order valence-electron chi connectivity index (χ3n) is 3.68. The van der Waals surface area contributed by atoms with E-state index in [0.29, 0.717) is 28.8 Å². The fraction of sp³-hybridized carbons (Fsp3) is 0.375. The van der Waals surface area contributed by atoms with Crippen molar-refractivity contribution in [2.75, 3.05) is 17.2 Å². The van der Waals surface area contributed by atoms with E-state index in [0.717, 1.165) is 0 Å². The van der Waals surface area contributed by atoms with Crippen LogP contribution in [0.1, 0.15) is 44.4 Å². The van der Waals surface area contributed by atoms with Gasteiger partial charge in [-0.05, 0) is 19.1 Å². The van der Waals surface area contributed by atoms with Crippen LogP contribution in [-0.2, 0) is 4.79 Å². The average molecular weight is 344 g/mol. The van der Waals surface area contributed by atoms with E-state index in [4.69, 9.17) is 4.74 Å². The Morgan fingerprint density at radius 3 is 2.84 bits per heavy atom. The minimum atomic E-state index is -0.413. The molecule has 1 aliphatic rings. The number of urea groups is 1. The summed E-state index contributed by atoms with van der Waals surface area (Å²) >= 11 is 0. The molecule has 0 bridgehead atoms. The van der Waals surface area contributed by atoms with Crippen molar-refractivity contribution < 1.29 is 14.3 Å². The number of H-pyrrole nitrogens is 1. The normalized spacial score (nSPS) is 14.3. The smallest absolute Gasteiger partial charge is 0.319 e. The maximum Gasteiger partial charge on any atom is 0.319 e. The predicted octanol–water partition coefficient (Wildman–Crippen LogP) is 2.14. The molecule has 1 unspecified atom stereocenters. The Labute approximate surface area is 144 Å². The predicted molar refractivity (Wildman–Crippen MR) is 91.6 cm³/mol. The number of hydrogen-bond donors (Lipinski definition) is 4. The lowest BCUT2D eigenvalue weighted by atomic mass is 10.2. The largest absolute Gasteiger partial charge is 0.479 e. The summed E-state index contributed by atoms with van der Waals surface area (Å²) in [6.45, 7) is 5.71. The Bertz CT molecular complexity index is 801. The molecule has 9 nitrogen and oxygen atoms in total. The van der Waals surface area contributed by atoms with Gasteiger partial charge >= 0.3 is 6.03 Å². The lowest BCUT2D eigenvalue weighted by Crippen LogP contribution is -2.32. The van der Waals surface area contributed by atoms with E-state index in [9.17, 15) is 9.59 Å². The van der Waals surface area contributed by atoms with Gasteiger partial charge in [0, 0.05) is 5.92 Å². The summed E-state index contributed by atoms with van der Waals surface area (Å²) in [5, 5.41) is 15.2. The lowest BCUT2D eigenvalue weighted by Gasteiger charge is -2.21. The number of carbonyl (C=O) groups excluding carboxylic acids is 2. The second-order valence-electron chi connectivity index (χ2n) is 6.07. The third-order valence-corrected chi connectivity index (χ3v) is 3.68. The summed E-state index contributed by atoms with van der Waals surface area (Å²) < 4.78 is 5.40. The van der Waals surface area contributed by atoms with E-state index in [1.54, 1.807) is 25.1 Å². The number of hydrogen-bond acceptors (Lipinski definition) is 5. The van der Waals surface area contributed by atoms with E-state index >= 15 is 0 Å². The first-order chi connectivity index (χ1) is 11.9. The first-order valence-corrected chi connectivity index (χ1v) is 7.99. The number of rotatable bonds is 4. The van der Waals surface area contributed by atoms with Crippen LogP contribution < -0.4 is 20.7 Å². The molecule has 3 amide bonds. The van der Waals surface area contributed by atoms with Crippen molar-refractivity contribution in [1.29, 1.82) is 0 Å². The Morgan fingerprint density at radius 1 is 1.32 bits per heavy atom. The molecule has 1 atom stereocenters. The number of fused-ring (bicyclic) bond motifs is 1. The number of para-hydroxylation sites is 1. The van der Waals surface area contributed by atoms with Crippen molar-refractivity contribution in [3.05, 3.63) is 29.8 Å². The molecule has 0 saturated heterocycles. The molecule has 132 valence electrons. The van der Waals surface area contributed by atoms with Gasteiger partial charge in [0.1, 0.15) is 5.82 Å². The minimum absolute atomic E-state index is 0.0836. The maximum absolute atomic E-state index is 12.3. The van der Waals surface area contributed by atoms with Gasteiger partial charge in [-0.1, -0.05) is 19.9 Å². The number of carbonyl (C=O) groups is 2. The first kappa shape index (κ1) is 16.7. The zero-order valence-corrected chi connectivity index (χ0v) is 14.2. The lowest BCUT2D eigenvalue weighted by molar-refractivity contribution is -0.118. The topological polar surface area (TPSA) is 121 Å². The number of aromatic amines is 1. The van der Waals surface area contributed by atoms with Crippen LogP contribution >= 0.6 is 0 Å². The molecule has 1 aromatic heterocycles.